The zero-order valence-electron chi connectivity index (χ0n) is 11.8. The van der Waals surface area contributed by atoms with E-state index in [0.29, 0.717) is 18.4 Å². The molecule has 1 aliphatic rings. The van der Waals surface area contributed by atoms with E-state index >= 15 is 0 Å². The molecule has 1 N–H and O–H groups in total. The van der Waals surface area contributed by atoms with E-state index in [-0.39, 0.29) is 6.04 Å². The van der Waals surface area contributed by atoms with Crippen LogP contribution in [0, 0.1) is 0 Å². The Bertz CT molecular complexity index is 633. The molecular weight excluding hydrogens is 288 g/mol. The fraction of sp³-hybridized carbons (Fsp3) is 0.312. The van der Waals surface area contributed by atoms with E-state index < -0.39 is 0 Å². The van der Waals surface area contributed by atoms with Crippen LogP contribution in [0.4, 0.5) is 5.69 Å². The Hall–Kier alpha value is -1.94. The van der Waals surface area contributed by atoms with E-state index in [2.05, 4.69) is 17.2 Å². The predicted molar refractivity (Wildman–Crippen MR) is 83.3 cm³/mol. The molecule has 110 valence electrons. The molecule has 0 bridgehead atoms. The van der Waals surface area contributed by atoms with Crippen LogP contribution in [0.15, 0.2) is 36.5 Å². The van der Waals surface area contributed by atoms with Crippen LogP contribution in [0.3, 0.4) is 0 Å². The number of hydrogen-bond donors (Lipinski definition) is 1. The Morgan fingerprint density at radius 3 is 2.76 bits per heavy atom. The van der Waals surface area contributed by atoms with Gasteiger partial charge < -0.3 is 14.8 Å². The van der Waals surface area contributed by atoms with E-state index in [1.807, 2.05) is 24.3 Å². The number of nitrogens with zero attached hydrogens (tertiary/aromatic N) is 1. The minimum absolute atomic E-state index is 0.126. The lowest BCUT2D eigenvalue weighted by Crippen LogP contribution is -2.07. The number of nitrogens with one attached hydrogen (secondary N) is 1. The van der Waals surface area contributed by atoms with Crippen LogP contribution < -0.4 is 14.8 Å². The van der Waals surface area contributed by atoms with Gasteiger partial charge in [-0.25, -0.2) is 4.98 Å². The molecule has 0 spiro atoms. The van der Waals surface area contributed by atoms with Gasteiger partial charge in [0.15, 0.2) is 11.5 Å². The maximum absolute atomic E-state index is 5.90. The Balaban J connectivity index is 1.78. The first kappa shape index (κ1) is 14.0. The number of ether oxygens (including phenoxy) is 2. The summed E-state index contributed by atoms with van der Waals surface area (Å²) in [6.45, 7) is 3.49. The molecule has 0 amide bonds. The summed E-state index contributed by atoms with van der Waals surface area (Å²) in [5, 5.41) is 3.88. The zero-order chi connectivity index (χ0) is 14.7. The van der Waals surface area contributed by atoms with Gasteiger partial charge in [0.05, 0.1) is 13.2 Å². The molecular formula is C16H17ClN2O2. The third kappa shape index (κ3) is 3.39. The summed E-state index contributed by atoms with van der Waals surface area (Å²) in [6, 6.07) is 9.87. The van der Waals surface area contributed by atoms with Crippen LogP contribution in [0.25, 0.3) is 0 Å². The van der Waals surface area contributed by atoms with Crippen LogP contribution in [0.5, 0.6) is 11.5 Å². The van der Waals surface area contributed by atoms with Crippen molar-refractivity contribution in [1.29, 1.82) is 0 Å². The van der Waals surface area contributed by atoms with Crippen molar-refractivity contribution in [3.63, 3.8) is 0 Å². The van der Waals surface area contributed by atoms with Gasteiger partial charge in [-0.05, 0) is 36.8 Å². The molecule has 1 aromatic carbocycles. The SMILES string of the molecule is CC(Nc1ccnc(Cl)c1)c1ccc2c(c1)OCCCO2. The second-order valence-corrected chi connectivity index (χ2v) is 5.38. The number of fused-ring (bicyclic) bond motifs is 1. The predicted octanol–water partition coefficient (Wildman–Crippen LogP) is 4.07. The lowest BCUT2D eigenvalue weighted by Gasteiger charge is -2.17. The summed E-state index contributed by atoms with van der Waals surface area (Å²) in [7, 11) is 0. The minimum atomic E-state index is 0.126. The summed E-state index contributed by atoms with van der Waals surface area (Å²) >= 11 is 5.90. The van der Waals surface area contributed by atoms with Gasteiger partial charge in [-0.2, -0.15) is 0 Å². The van der Waals surface area contributed by atoms with Gasteiger partial charge in [0, 0.05) is 24.3 Å². The standard InChI is InChI=1S/C16H17ClN2O2/c1-11(19-13-5-6-18-16(17)10-13)12-3-4-14-15(9-12)21-8-2-7-20-14/h3-6,9-11H,2,7-8H2,1H3,(H,18,19). The first-order valence-electron chi connectivity index (χ1n) is 7.00. The molecule has 1 aliphatic heterocycles. The van der Waals surface area contributed by atoms with Gasteiger partial charge in [-0.3, -0.25) is 0 Å². The largest absolute Gasteiger partial charge is 0.490 e. The molecule has 21 heavy (non-hydrogen) atoms. The highest BCUT2D eigenvalue weighted by Crippen LogP contribution is 2.33. The normalized spacial score (nSPS) is 15.1. The molecule has 2 heterocycles. The molecule has 1 unspecified atom stereocenters. The van der Waals surface area contributed by atoms with E-state index in [0.717, 1.165) is 29.2 Å². The van der Waals surface area contributed by atoms with Gasteiger partial charge in [0.25, 0.3) is 0 Å². The lowest BCUT2D eigenvalue weighted by atomic mass is 10.1. The Labute approximate surface area is 129 Å². The van der Waals surface area contributed by atoms with Gasteiger partial charge in [0.1, 0.15) is 5.15 Å². The quantitative estimate of drug-likeness (QED) is 0.868. The Morgan fingerprint density at radius 1 is 1.14 bits per heavy atom. The molecule has 0 aliphatic carbocycles. The number of hydrogen-bond acceptors (Lipinski definition) is 4. The van der Waals surface area contributed by atoms with Crippen molar-refractivity contribution >= 4 is 17.3 Å². The van der Waals surface area contributed by atoms with Crippen LogP contribution in [0.1, 0.15) is 24.9 Å². The molecule has 0 radical (unpaired) electrons. The van der Waals surface area contributed by atoms with E-state index in [4.69, 9.17) is 21.1 Å². The Kier molecular flexibility index (Phi) is 4.15. The lowest BCUT2D eigenvalue weighted by molar-refractivity contribution is 0.297. The molecule has 0 saturated carbocycles. The minimum Gasteiger partial charge on any atom is -0.490 e. The number of rotatable bonds is 3. The number of aromatic nitrogens is 1. The first-order chi connectivity index (χ1) is 10.2. The highest BCUT2D eigenvalue weighted by molar-refractivity contribution is 6.29. The maximum Gasteiger partial charge on any atom is 0.161 e. The molecule has 4 nitrogen and oxygen atoms in total. The van der Waals surface area contributed by atoms with Crippen molar-refractivity contribution < 1.29 is 9.47 Å². The van der Waals surface area contributed by atoms with Crippen LogP contribution in [-0.2, 0) is 0 Å². The number of halogens is 1. The van der Waals surface area contributed by atoms with Crippen molar-refractivity contribution in [1.82, 2.24) is 4.98 Å². The number of anilines is 1. The summed E-state index contributed by atoms with van der Waals surface area (Å²) in [4.78, 5) is 3.98. The third-order valence-corrected chi connectivity index (χ3v) is 3.59. The summed E-state index contributed by atoms with van der Waals surface area (Å²) in [6.07, 6.45) is 2.60. The average molecular weight is 305 g/mol. The van der Waals surface area contributed by atoms with E-state index in [1.165, 1.54) is 0 Å². The monoisotopic (exact) mass is 304 g/mol. The zero-order valence-corrected chi connectivity index (χ0v) is 12.6. The van der Waals surface area contributed by atoms with Gasteiger partial charge >= 0.3 is 0 Å². The molecule has 5 heteroatoms. The molecule has 1 atom stereocenters. The van der Waals surface area contributed by atoms with E-state index in [9.17, 15) is 0 Å². The van der Waals surface area contributed by atoms with Gasteiger partial charge in [-0.1, -0.05) is 17.7 Å². The van der Waals surface area contributed by atoms with Crippen molar-refractivity contribution in [3.8, 4) is 11.5 Å². The Morgan fingerprint density at radius 2 is 1.95 bits per heavy atom. The van der Waals surface area contributed by atoms with Gasteiger partial charge in [0.2, 0.25) is 0 Å². The van der Waals surface area contributed by atoms with Crippen LogP contribution in [0.2, 0.25) is 5.15 Å². The molecule has 0 saturated heterocycles. The van der Waals surface area contributed by atoms with Crippen LogP contribution >= 0.6 is 11.6 Å². The van der Waals surface area contributed by atoms with Crippen LogP contribution in [-0.4, -0.2) is 18.2 Å². The van der Waals surface area contributed by atoms with Crippen molar-refractivity contribution in [2.75, 3.05) is 18.5 Å². The summed E-state index contributed by atoms with van der Waals surface area (Å²) in [5.74, 6) is 1.63. The molecule has 3 rings (SSSR count). The summed E-state index contributed by atoms with van der Waals surface area (Å²) in [5.41, 5.74) is 2.07. The molecule has 1 aromatic heterocycles. The molecule has 2 aromatic rings. The fourth-order valence-electron chi connectivity index (χ4n) is 2.27. The van der Waals surface area contributed by atoms with Crippen molar-refractivity contribution in [3.05, 3.63) is 47.2 Å². The number of benzene rings is 1. The molecule has 0 fully saturated rings. The highest BCUT2D eigenvalue weighted by Gasteiger charge is 2.13. The second kappa shape index (κ2) is 6.22. The third-order valence-electron chi connectivity index (χ3n) is 3.38. The topological polar surface area (TPSA) is 43.4 Å². The fourth-order valence-corrected chi connectivity index (χ4v) is 2.45. The first-order valence-corrected chi connectivity index (χ1v) is 7.38. The highest BCUT2D eigenvalue weighted by atomic mass is 35.5. The second-order valence-electron chi connectivity index (χ2n) is 4.99. The summed E-state index contributed by atoms with van der Waals surface area (Å²) < 4.78 is 11.4. The smallest absolute Gasteiger partial charge is 0.161 e. The van der Waals surface area contributed by atoms with Gasteiger partial charge in [-0.15, -0.1) is 0 Å². The van der Waals surface area contributed by atoms with Crippen molar-refractivity contribution in [2.24, 2.45) is 0 Å². The van der Waals surface area contributed by atoms with E-state index in [1.54, 1.807) is 12.3 Å². The average Bonchev–Trinajstić information content (AvgIpc) is 2.71. The number of pyridine rings is 1. The maximum atomic E-state index is 5.90. The van der Waals surface area contributed by atoms with Crippen molar-refractivity contribution in [2.45, 2.75) is 19.4 Å².